The van der Waals surface area contributed by atoms with Crippen molar-refractivity contribution in [1.29, 1.82) is 0 Å². The molecule has 1 aromatic heterocycles. The maximum atomic E-state index is 11.5. The average Bonchev–Trinajstić information content (AvgIpc) is 2.30. The number of carboxylic acid groups (broad SMARTS) is 1. The van der Waals surface area contributed by atoms with Crippen LogP contribution >= 0.6 is 0 Å². The third-order valence-electron chi connectivity index (χ3n) is 2.76. The summed E-state index contributed by atoms with van der Waals surface area (Å²) >= 11 is 0. The lowest BCUT2D eigenvalue weighted by Gasteiger charge is -2.30. The van der Waals surface area contributed by atoms with Gasteiger partial charge in [-0.05, 0) is 12.8 Å². The Labute approximate surface area is 91.9 Å². The molecule has 16 heavy (non-hydrogen) atoms. The van der Waals surface area contributed by atoms with Crippen molar-refractivity contribution in [3.05, 3.63) is 22.7 Å². The summed E-state index contributed by atoms with van der Waals surface area (Å²) in [5.41, 5.74) is -0.270. The first-order valence-electron chi connectivity index (χ1n) is 5.20. The van der Waals surface area contributed by atoms with E-state index in [0.717, 1.165) is 6.42 Å². The number of anilines is 1. The Bertz CT molecular complexity index is 443. The number of aromatic amines is 1. The Morgan fingerprint density at radius 3 is 3.12 bits per heavy atom. The number of nitrogens with zero attached hydrogens (tertiary/aromatic N) is 2. The van der Waals surface area contributed by atoms with Gasteiger partial charge in [0.15, 0.2) is 5.82 Å². The summed E-state index contributed by atoms with van der Waals surface area (Å²) in [6.45, 7) is 1.04. The van der Waals surface area contributed by atoms with Gasteiger partial charge in [-0.1, -0.05) is 0 Å². The fourth-order valence-electron chi connectivity index (χ4n) is 1.94. The predicted molar refractivity (Wildman–Crippen MR) is 57.4 cm³/mol. The smallest absolute Gasteiger partial charge is 0.308 e. The number of aliphatic carboxylic acids is 1. The minimum Gasteiger partial charge on any atom is -0.481 e. The van der Waals surface area contributed by atoms with Crippen molar-refractivity contribution >= 4 is 11.8 Å². The molecule has 0 saturated carbocycles. The van der Waals surface area contributed by atoms with Crippen LogP contribution in [0.5, 0.6) is 0 Å². The van der Waals surface area contributed by atoms with Crippen molar-refractivity contribution in [3.63, 3.8) is 0 Å². The molecular formula is C10H13N3O3. The van der Waals surface area contributed by atoms with Crippen LogP contribution in [0, 0.1) is 5.92 Å². The molecule has 0 unspecified atom stereocenters. The maximum Gasteiger partial charge on any atom is 0.308 e. The Kier molecular flexibility index (Phi) is 2.89. The van der Waals surface area contributed by atoms with Crippen molar-refractivity contribution in [2.24, 2.45) is 5.92 Å². The zero-order valence-electron chi connectivity index (χ0n) is 8.72. The van der Waals surface area contributed by atoms with Crippen molar-refractivity contribution in [2.75, 3.05) is 18.0 Å². The third kappa shape index (κ3) is 2.05. The zero-order chi connectivity index (χ0) is 11.5. The summed E-state index contributed by atoms with van der Waals surface area (Å²) in [4.78, 5) is 30.6. The molecule has 0 bridgehead atoms. The summed E-state index contributed by atoms with van der Waals surface area (Å²) in [6.07, 6.45) is 4.40. The van der Waals surface area contributed by atoms with Crippen LogP contribution in [0.3, 0.4) is 0 Å². The van der Waals surface area contributed by atoms with E-state index in [2.05, 4.69) is 9.97 Å². The number of carbonyl (C=O) groups is 1. The highest BCUT2D eigenvalue weighted by Gasteiger charge is 2.27. The highest BCUT2D eigenvalue weighted by molar-refractivity contribution is 5.71. The molecule has 1 aliphatic rings. The molecule has 86 valence electrons. The van der Waals surface area contributed by atoms with Crippen LogP contribution in [-0.4, -0.2) is 34.1 Å². The number of H-pyrrole nitrogens is 1. The molecule has 0 radical (unpaired) electrons. The van der Waals surface area contributed by atoms with E-state index in [4.69, 9.17) is 5.11 Å². The SMILES string of the molecule is O=C(O)[C@H]1CCCN(c2ncc[nH]c2=O)C1. The van der Waals surface area contributed by atoms with Crippen molar-refractivity contribution in [1.82, 2.24) is 9.97 Å². The van der Waals surface area contributed by atoms with Gasteiger partial charge in [-0.25, -0.2) is 4.98 Å². The quantitative estimate of drug-likeness (QED) is 0.741. The Balaban J connectivity index is 2.19. The Hall–Kier alpha value is -1.85. The van der Waals surface area contributed by atoms with Gasteiger partial charge < -0.3 is 15.0 Å². The fourth-order valence-corrected chi connectivity index (χ4v) is 1.94. The lowest BCUT2D eigenvalue weighted by molar-refractivity contribution is -0.141. The molecule has 1 fully saturated rings. The number of carboxylic acids is 1. The molecule has 0 amide bonds. The largest absolute Gasteiger partial charge is 0.481 e. The number of hydrogen-bond acceptors (Lipinski definition) is 4. The highest BCUT2D eigenvalue weighted by atomic mass is 16.4. The van der Waals surface area contributed by atoms with E-state index < -0.39 is 11.9 Å². The van der Waals surface area contributed by atoms with E-state index in [9.17, 15) is 9.59 Å². The van der Waals surface area contributed by atoms with Gasteiger partial charge in [0.2, 0.25) is 0 Å². The molecule has 0 aromatic carbocycles. The second kappa shape index (κ2) is 4.34. The molecule has 0 spiro atoms. The summed E-state index contributed by atoms with van der Waals surface area (Å²) < 4.78 is 0. The van der Waals surface area contributed by atoms with Gasteiger partial charge in [-0.2, -0.15) is 0 Å². The lowest BCUT2D eigenvalue weighted by Crippen LogP contribution is -2.41. The highest BCUT2D eigenvalue weighted by Crippen LogP contribution is 2.19. The van der Waals surface area contributed by atoms with Gasteiger partial charge in [-0.3, -0.25) is 9.59 Å². The van der Waals surface area contributed by atoms with Gasteiger partial charge in [-0.15, -0.1) is 0 Å². The standard InChI is InChI=1S/C10H13N3O3/c14-9-8(11-3-4-12-9)13-5-1-2-7(6-13)10(15)16/h3-4,7H,1-2,5-6H2,(H,12,14)(H,15,16)/t7-/m0/s1. The van der Waals surface area contributed by atoms with Crippen molar-refractivity contribution in [3.8, 4) is 0 Å². The van der Waals surface area contributed by atoms with E-state index in [1.54, 1.807) is 4.90 Å². The molecule has 1 atom stereocenters. The van der Waals surface area contributed by atoms with Crippen LogP contribution in [0.4, 0.5) is 5.82 Å². The first kappa shape index (κ1) is 10.7. The van der Waals surface area contributed by atoms with Gasteiger partial charge in [0.1, 0.15) is 0 Å². The first-order valence-corrected chi connectivity index (χ1v) is 5.20. The molecule has 1 aliphatic heterocycles. The van der Waals surface area contributed by atoms with E-state index in [-0.39, 0.29) is 5.56 Å². The minimum atomic E-state index is -0.808. The van der Waals surface area contributed by atoms with Crippen LogP contribution in [0.1, 0.15) is 12.8 Å². The van der Waals surface area contributed by atoms with Gasteiger partial charge in [0, 0.05) is 25.5 Å². The summed E-state index contributed by atoms with van der Waals surface area (Å²) in [7, 11) is 0. The Morgan fingerprint density at radius 1 is 1.62 bits per heavy atom. The number of rotatable bonds is 2. The summed E-state index contributed by atoms with van der Waals surface area (Å²) in [6, 6.07) is 0. The minimum absolute atomic E-state index is 0.270. The normalized spacial score (nSPS) is 20.8. The van der Waals surface area contributed by atoms with Crippen LogP contribution in [0.2, 0.25) is 0 Å². The molecule has 2 heterocycles. The van der Waals surface area contributed by atoms with E-state index in [0.29, 0.717) is 25.3 Å². The molecule has 0 aliphatic carbocycles. The topological polar surface area (TPSA) is 86.3 Å². The van der Waals surface area contributed by atoms with Crippen LogP contribution in [0.15, 0.2) is 17.2 Å². The number of nitrogens with one attached hydrogen (secondary N) is 1. The average molecular weight is 223 g/mol. The fraction of sp³-hybridized carbons (Fsp3) is 0.500. The lowest BCUT2D eigenvalue weighted by atomic mass is 9.98. The molecule has 1 aromatic rings. The van der Waals surface area contributed by atoms with E-state index >= 15 is 0 Å². The summed E-state index contributed by atoms with van der Waals surface area (Å²) in [5, 5.41) is 8.94. The summed E-state index contributed by atoms with van der Waals surface area (Å²) in [5.74, 6) is -0.902. The molecule has 6 nitrogen and oxygen atoms in total. The first-order chi connectivity index (χ1) is 7.68. The second-order valence-corrected chi connectivity index (χ2v) is 3.87. The Morgan fingerprint density at radius 2 is 2.44 bits per heavy atom. The molecule has 1 saturated heterocycles. The second-order valence-electron chi connectivity index (χ2n) is 3.87. The van der Waals surface area contributed by atoms with Crippen molar-refractivity contribution < 1.29 is 9.90 Å². The van der Waals surface area contributed by atoms with Gasteiger partial charge in [0.25, 0.3) is 5.56 Å². The van der Waals surface area contributed by atoms with Gasteiger partial charge >= 0.3 is 5.97 Å². The predicted octanol–water partition coefficient (Wildman–Crippen LogP) is 0.0709. The monoisotopic (exact) mass is 223 g/mol. The molecule has 6 heteroatoms. The van der Waals surface area contributed by atoms with Crippen molar-refractivity contribution in [2.45, 2.75) is 12.8 Å². The van der Waals surface area contributed by atoms with Gasteiger partial charge in [0.05, 0.1) is 5.92 Å². The number of hydrogen-bond donors (Lipinski definition) is 2. The van der Waals surface area contributed by atoms with E-state index in [1.807, 2.05) is 0 Å². The number of aromatic nitrogens is 2. The van der Waals surface area contributed by atoms with E-state index in [1.165, 1.54) is 12.4 Å². The zero-order valence-corrected chi connectivity index (χ0v) is 8.72. The van der Waals surface area contributed by atoms with Crippen LogP contribution < -0.4 is 10.5 Å². The third-order valence-corrected chi connectivity index (χ3v) is 2.76. The molecular weight excluding hydrogens is 210 g/mol. The molecule has 2 N–H and O–H groups in total. The number of piperidine rings is 1. The molecule has 2 rings (SSSR count). The van der Waals surface area contributed by atoms with Crippen LogP contribution in [-0.2, 0) is 4.79 Å². The maximum absolute atomic E-state index is 11.5. The van der Waals surface area contributed by atoms with Crippen LogP contribution in [0.25, 0.3) is 0 Å².